The lowest BCUT2D eigenvalue weighted by Crippen LogP contribution is -2.01. The van der Waals surface area contributed by atoms with Gasteiger partial charge in [0, 0.05) is 11.5 Å². The zero-order valence-corrected chi connectivity index (χ0v) is 9.84. The quantitative estimate of drug-likeness (QED) is 0.615. The number of hydrogen-bond donors (Lipinski definition) is 0. The van der Waals surface area contributed by atoms with Crippen LogP contribution in [0.3, 0.4) is 0 Å². The Hall–Kier alpha value is -2.28. The van der Waals surface area contributed by atoms with Crippen molar-refractivity contribution in [3.63, 3.8) is 0 Å². The van der Waals surface area contributed by atoms with Gasteiger partial charge in [-0.1, -0.05) is 42.5 Å². The van der Waals surface area contributed by atoms with Gasteiger partial charge in [-0.2, -0.15) is 0 Å². The number of hydrogen-bond acceptors (Lipinski definition) is 1. The molecule has 3 aliphatic carbocycles. The van der Waals surface area contributed by atoms with Crippen LogP contribution in [-0.4, -0.2) is 0 Å². The highest BCUT2D eigenvalue weighted by Crippen LogP contribution is 2.42. The minimum atomic E-state index is 0.404. The van der Waals surface area contributed by atoms with Crippen LogP contribution in [0.4, 0.5) is 0 Å². The lowest BCUT2D eigenvalue weighted by Gasteiger charge is -2.14. The Balaban J connectivity index is 1.90. The van der Waals surface area contributed by atoms with Gasteiger partial charge in [0.1, 0.15) is 0 Å². The first-order valence-corrected chi connectivity index (χ1v) is 6.15. The topological polar surface area (TPSA) is 9.23 Å². The molecule has 1 nitrogen and oxygen atoms in total. The Kier molecular flexibility index (Phi) is 1.95. The summed E-state index contributed by atoms with van der Waals surface area (Å²) in [6, 6.07) is 0. The summed E-state index contributed by atoms with van der Waals surface area (Å²) < 4.78 is 5.35. The highest BCUT2D eigenvalue weighted by atomic mass is 16.5. The Morgan fingerprint density at radius 1 is 1.00 bits per heavy atom. The second-order valence-corrected chi connectivity index (χ2v) is 4.69. The fourth-order valence-electron chi connectivity index (χ4n) is 2.82. The van der Waals surface area contributed by atoms with E-state index in [2.05, 4.69) is 48.6 Å². The van der Waals surface area contributed by atoms with Crippen molar-refractivity contribution in [2.75, 3.05) is 0 Å². The molecule has 1 unspecified atom stereocenters. The lowest BCUT2D eigenvalue weighted by atomic mass is 9.90. The Morgan fingerprint density at radius 3 is 3.00 bits per heavy atom. The molecule has 1 heteroatoms. The van der Waals surface area contributed by atoms with Crippen LogP contribution in [0.1, 0.15) is 0 Å². The van der Waals surface area contributed by atoms with E-state index in [4.69, 9.17) is 4.74 Å². The average Bonchev–Trinajstić information content (AvgIpc) is 2.69. The van der Waals surface area contributed by atoms with Gasteiger partial charge < -0.3 is 4.74 Å². The second kappa shape index (κ2) is 3.61. The molecule has 0 N–H and O–H groups in total. The Morgan fingerprint density at radius 2 is 2.00 bits per heavy atom. The van der Waals surface area contributed by atoms with Crippen LogP contribution in [0, 0.1) is 5.92 Å². The Bertz CT molecular complexity index is 658. The molecule has 0 amide bonds. The molecule has 0 radical (unpaired) electrons. The summed E-state index contributed by atoms with van der Waals surface area (Å²) in [6.07, 6.45) is 23.0. The summed E-state index contributed by atoms with van der Waals surface area (Å²) in [5.41, 5.74) is 6.41. The van der Waals surface area contributed by atoms with E-state index in [1.165, 1.54) is 27.9 Å². The lowest BCUT2D eigenvalue weighted by molar-refractivity contribution is 0.395. The molecule has 18 heavy (non-hydrogen) atoms. The molecule has 0 saturated carbocycles. The van der Waals surface area contributed by atoms with Crippen LogP contribution in [-0.2, 0) is 4.74 Å². The summed E-state index contributed by atoms with van der Waals surface area (Å²) in [5.74, 6) is 0.404. The van der Waals surface area contributed by atoms with Crippen molar-refractivity contribution >= 4 is 0 Å². The van der Waals surface area contributed by atoms with Crippen molar-refractivity contribution in [3.8, 4) is 0 Å². The standard InChI is InChI=1S/C17H12O/c1-2-6-14-13(4-1)10-16-15(14)7-3-5-12-8-9-18-11-17(12)16/h1-11,14H. The van der Waals surface area contributed by atoms with E-state index in [0.717, 1.165) is 0 Å². The summed E-state index contributed by atoms with van der Waals surface area (Å²) in [5, 5.41) is 0. The van der Waals surface area contributed by atoms with Gasteiger partial charge in [-0.15, -0.1) is 0 Å². The van der Waals surface area contributed by atoms with Crippen LogP contribution in [0.2, 0.25) is 0 Å². The fourth-order valence-corrected chi connectivity index (χ4v) is 2.82. The highest BCUT2D eigenvalue weighted by Gasteiger charge is 2.28. The van der Waals surface area contributed by atoms with Crippen molar-refractivity contribution in [2.24, 2.45) is 5.92 Å². The summed E-state index contributed by atoms with van der Waals surface area (Å²) in [4.78, 5) is 0. The van der Waals surface area contributed by atoms with E-state index < -0.39 is 0 Å². The van der Waals surface area contributed by atoms with Crippen LogP contribution in [0.25, 0.3) is 0 Å². The maximum absolute atomic E-state index is 5.35. The average molecular weight is 232 g/mol. The predicted octanol–water partition coefficient (Wildman–Crippen LogP) is 3.89. The van der Waals surface area contributed by atoms with Crippen molar-refractivity contribution in [2.45, 2.75) is 0 Å². The first-order chi connectivity index (χ1) is 8.93. The maximum atomic E-state index is 5.35. The first kappa shape index (κ1) is 9.72. The normalized spacial score (nSPS) is 26.7. The molecular weight excluding hydrogens is 220 g/mol. The van der Waals surface area contributed by atoms with Crippen molar-refractivity contribution in [3.05, 3.63) is 95.1 Å². The van der Waals surface area contributed by atoms with Gasteiger partial charge in [-0.25, -0.2) is 0 Å². The third-order valence-electron chi connectivity index (χ3n) is 3.68. The minimum Gasteiger partial charge on any atom is -0.472 e. The molecule has 1 atom stereocenters. The minimum absolute atomic E-state index is 0.404. The van der Waals surface area contributed by atoms with Crippen molar-refractivity contribution in [1.82, 2.24) is 0 Å². The molecule has 0 aromatic rings. The Labute approximate surface area is 106 Å². The molecule has 0 saturated heterocycles. The largest absolute Gasteiger partial charge is 0.472 e. The van der Waals surface area contributed by atoms with Crippen molar-refractivity contribution in [1.29, 1.82) is 0 Å². The highest BCUT2D eigenvalue weighted by molar-refractivity contribution is 5.69. The van der Waals surface area contributed by atoms with Gasteiger partial charge in [0.15, 0.2) is 0 Å². The van der Waals surface area contributed by atoms with E-state index >= 15 is 0 Å². The number of rotatable bonds is 0. The molecule has 0 fully saturated rings. The molecule has 4 rings (SSSR count). The van der Waals surface area contributed by atoms with E-state index in [-0.39, 0.29) is 0 Å². The van der Waals surface area contributed by atoms with Gasteiger partial charge in [0.05, 0.1) is 12.5 Å². The van der Waals surface area contributed by atoms with Gasteiger partial charge in [0.25, 0.3) is 0 Å². The molecule has 4 aliphatic rings. The smallest absolute Gasteiger partial charge is 0.0985 e. The van der Waals surface area contributed by atoms with Gasteiger partial charge >= 0.3 is 0 Å². The molecule has 0 spiro atoms. The van der Waals surface area contributed by atoms with Crippen molar-refractivity contribution < 1.29 is 4.74 Å². The third-order valence-corrected chi connectivity index (χ3v) is 3.68. The monoisotopic (exact) mass is 232 g/mol. The zero-order valence-electron chi connectivity index (χ0n) is 9.84. The van der Waals surface area contributed by atoms with E-state index in [1.807, 2.05) is 12.3 Å². The molecule has 1 heterocycles. The first-order valence-electron chi connectivity index (χ1n) is 6.15. The summed E-state index contributed by atoms with van der Waals surface area (Å²) in [7, 11) is 0. The summed E-state index contributed by atoms with van der Waals surface area (Å²) in [6.45, 7) is 0. The van der Waals surface area contributed by atoms with E-state index in [0.29, 0.717) is 5.92 Å². The van der Waals surface area contributed by atoms with E-state index in [1.54, 1.807) is 6.26 Å². The molecule has 0 bridgehead atoms. The van der Waals surface area contributed by atoms with Gasteiger partial charge in [-0.05, 0) is 34.4 Å². The van der Waals surface area contributed by atoms with Gasteiger partial charge in [-0.3, -0.25) is 0 Å². The molecular formula is C17H12O. The number of allylic oxidation sites excluding steroid dienone is 14. The van der Waals surface area contributed by atoms with Crippen LogP contribution in [0.5, 0.6) is 0 Å². The molecule has 0 aromatic heterocycles. The zero-order chi connectivity index (χ0) is 11.9. The fraction of sp³-hybridized carbons (Fsp3) is 0.0588. The number of ether oxygens (including phenoxy) is 1. The predicted molar refractivity (Wildman–Crippen MR) is 72.4 cm³/mol. The molecule has 86 valence electrons. The number of fused-ring (bicyclic) bond motifs is 4. The SMILES string of the molecule is C1=CC2=CC3=C(C=CC=C4C=COC=C43)C2C=C1. The molecule has 0 aromatic carbocycles. The maximum Gasteiger partial charge on any atom is 0.0985 e. The van der Waals surface area contributed by atoms with Crippen LogP contribution < -0.4 is 0 Å². The molecule has 1 aliphatic heterocycles. The summed E-state index contributed by atoms with van der Waals surface area (Å²) >= 11 is 0. The van der Waals surface area contributed by atoms with Crippen LogP contribution in [0.15, 0.2) is 95.1 Å². The second-order valence-electron chi connectivity index (χ2n) is 4.69. The van der Waals surface area contributed by atoms with Crippen LogP contribution >= 0.6 is 0 Å². The van der Waals surface area contributed by atoms with E-state index in [9.17, 15) is 0 Å². The third kappa shape index (κ3) is 1.28. The van der Waals surface area contributed by atoms with Gasteiger partial charge in [0.2, 0.25) is 0 Å².